The Bertz CT molecular complexity index is 1020. The summed E-state index contributed by atoms with van der Waals surface area (Å²) in [5, 5.41) is 0. The van der Waals surface area contributed by atoms with E-state index in [0.29, 0.717) is 30.4 Å². The summed E-state index contributed by atoms with van der Waals surface area (Å²) in [6.07, 6.45) is 12.8. The zero-order valence-electron chi connectivity index (χ0n) is 20.5. The fraction of sp³-hybridized carbons (Fsp3) is 0.484. The Morgan fingerprint density at radius 2 is 1.59 bits per heavy atom. The van der Waals surface area contributed by atoms with E-state index in [-0.39, 0.29) is 5.56 Å². The van der Waals surface area contributed by atoms with Crippen molar-refractivity contribution in [2.75, 3.05) is 6.61 Å². The molecule has 0 N–H and O–H groups in total. The summed E-state index contributed by atoms with van der Waals surface area (Å²) in [6.45, 7) is 4.82. The summed E-state index contributed by atoms with van der Waals surface area (Å²) in [5.74, 6) is 7.22. The van der Waals surface area contributed by atoms with E-state index < -0.39 is 11.6 Å². The largest absolute Gasteiger partial charge is 0.378 e. The van der Waals surface area contributed by atoms with Crippen LogP contribution in [0.5, 0.6) is 0 Å². The fourth-order valence-electron chi connectivity index (χ4n) is 5.83. The van der Waals surface area contributed by atoms with Crippen LogP contribution in [-0.4, -0.2) is 12.7 Å². The van der Waals surface area contributed by atoms with Gasteiger partial charge in [-0.15, -0.1) is 0 Å². The van der Waals surface area contributed by atoms with Crippen LogP contribution in [0.4, 0.5) is 8.78 Å². The Kier molecular flexibility index (Phi) is 8.57. The van der Waals surface area contributed by atoms with Crippen molar-refractivity contribution >= 4 is 0 Å². The molecule has 0 heterocycles. The van der Waals surface area contributed by atoms with Gasteiger partial charge < -0.3 is 4.74 Å². The first-order chi connectivity index (χ1) is 16.6. The Hall–Kier alpha value is -2.44. The molecule has 0 aliphatic heterocycles. The Morgan fingerprint density at radius 1 is 0.912 bits per heavy atom. The Morgan fingerprint density at radius 3 is 2.29 bits per heavy atom. The van der Waals surface area contributed by atoms with Crippen molar-refractivity contribution in [3.05, 3.63) is 82.4 Å². The molecule has 4 unspecified atom stereocenters. The van der Waals surface area contributed by atoms with Gasteiger partial charge in [-0.1, -0.05) is 36.1 Å². The number of hydrogen-bond donors (Lipinski definition) is 0. The van der Waals surface area contributed by atoms with Crippen molar-refractivity contribution in [1.29, 1.82) is 0 Å². The third-order valence-corrected chi connectivity index (χ3v) is 7.64. The van der Waals surface area contributed by atoms with Crippen LogP contribution < -0.4 is 0 Å². The second kappa shape index (κ2) is 11.8. The predicted octanol–water partition coefficient (Wildman–Crippen LogP) is 7.96. The predicted molar refractivity (Wildman–Crippen MR) is 135 cm³/mol. The quantitative estimate of drug-likeness (QED) is 0.312. The highest BCUT2D eigenvalue weighted by atomic mass is 19.1. The maximum atomic E-state index is 14.4. The van der Waals surface area contributed by atoms with Crippen molar-refractivity contribution in [2.45, 2.75) is 77.2 Å². The normalized spacial score (nSPS) is 24.5. The summed E-state index contributed by atoms with van der Waals surface area (Å²) in [4.78, 5) is 0. The highest BCUT2D eigenvalue weighted by Crippen LogP contribution is 2.46. The first kappa shape index (κ1) is 24.7. The van der Waals surface area contributed by atoms with Crippen LogP contribution in [0, 0.1) is 35.3 Å². The number of hydrogen-bond acceptors (Lipinski definition) is 1. The SMILES string of the molecule is C/C=C/CCc1c(F)cc(C#Cc2ccc(C3CCC4CC(OCC)CCC4C3)cc2)cc1F. The first-order valence-electron chi connectivity index (χ1n) is 12.9. The molecule has 0 bridgehead atoms. The average Bonchev–Trinajstić information content (AvgIpc) is 2.85. The molecule has 2 saturated carbocycles. The van der Waals surface area contributed by atoms with Gasteiger partial charge >= 0.3 is 0 Å². The maximum absolute atomic E-state index is 14.4. The molecule has 2 aromatic carbocycles. The molecule has 1 nitrogen and oxygen atoms in total. The first-order valence-corrected chi connectivity index (χ1v) is 12.9. The van der Waals surface area contributed by atoms with Gasteiger partial charge in [0.25, 0.3) is 0 Å². The lowest BCUT2D eigenvalue weighted by Gasteiger charge is -2.42. The number of fused-ring (bicyclic) bond motifs is 1. The minimum Gasteiger partial charge on any atom is -0.378 e. The van der Waals surface area contributed by atoms with Crippen LogP contribution in [0.1, 0.15) is 87.0 Å². The van der Waals surface area contributed by atoms with Gasteiger partial charge in [0.1, 0.15) is 11.6 Å². The standard InChI is InChI=1S/C31H36F2O/c1-3-5-6-7-29-30(32)18-23(19-31(29)33)9-8-22-10-12-24(13-11-22)25-14-15-27-21-28(34-4-2)17-16-26(27)20-25/h3,5,10-13,18-19,25-28H,4,6-7,14-17,20-21H2,1-2H3/b5-3+. The molecule has 3 heteroatoms. The molecule has 180 valence electrons. The van der Waals surface area contributed by atoms with Crippen molar-refractivity contribution < 1.29 is 13.5 Å². The van der Waals surface area contributed by atoms with Gasteiger partial charge in [-0.25, -0.2) is 8.78 Å². The van der Waals surface area contributed by atoms with E-state index in [1.165, 1.54) is 56.2 Å². The van der Waals surface area contributed by atoms with Crippen LogP contribution in [0.15, 0.2) is 48.6 Å². The molecular weight excluding hydrogens is 426 g/mol. The monoisotopic (exact) mass is 462 g/mol. The van der Waals surface area contributed by atoms with E-state index >= 15 is 0 Å². The summed E-state index contributed by atoms with van der Waals surface area (Å²) >= 11 is 0. The lowest BCUT2D eigenvalue weighted by Crippen LogP contribution is -2.33. The van der Waals surface area contributed by atoms with Crippen LogP contribution in [0.25, 0.3) is 0 Å². The molecule has 2 aliphatic carbocycles. The molecule has 0 spiro atoms. The molecule has 2 fully saturated rings. The van der Waals surface area contributed by atoms with Crippen molar-refractivity contribution in [2.24, 2.45) is 11.8 Å². The number of allylic oxidation sites excluding steroid dienone is 2. The lowest BCUT2D eigenvalue weighted by atomic mass is 9.65. The van der Waals surface area contributed by atoms with Gasteiger partial charge in [0.2, 0.25) is 0 Å². The highest BCUT2D eigenvalue weighted by molar-refractivity contribution is 5.45. The zero-order chi connectivity index (χ0) is 23.9. The summed E-state index contributed by atoms with van der Waals surface area (Å²) < 4.78 is 34.6. The lowest BCUT2D eigenvalue weighted by molar-refractivity contribution is -0.00955. The van der Waals surface area contributed by atoms with Gasteiger partial charge in [0.15, 0.2) is 0 Å². The van der Waals surface area contributed by atoms with Crippen LogP contribution in [-0.2, 0) is 11.2 Å². The molecule has 34 heavy (non-hydrogen) atoms. The van der Waals surface area contributed by atoms with Crippen LogP contribution in [0.3, 0.4) is 0 Å². The summed E-state index contributed by atoms with van der Waals surface area (Å²) in [6, 6.07) is 11.1. The third kappa shape index (κ3) is 6.16. The topological polar surface area (TPSA) is 9.23 Å². The molecule has 0 saturated heterocycles. The molecule has 4 rings (SSSR count). The van der Waals surface area contributed by atoms with Gasteiger partial charge in [-0.05, 0) is 113 Å². The second-order valence-electron chi connectivity index (χ2n) is 9.82. The maximum Gasteiger partial charge on any atom is 0.130 e. The Balaban J connectivity index is 1.37. The van der Waals surface area contributed by atoms with E-state index in [1.807, 2.05) is 31.2 Å². The van der Waals surface area contributed by atoms with Gasteiger partial charge in [-0.2, -0.15) is 0 Å². The highest BCUT2D eigenvalue weighted by Gasteiger charge is 2.36. The van der Waals surface area contributed by atoms with Gasteiger partial charge in [0.05, 0.1) is 6.10 Å². The molecule has 0 aromatic heterocycles. The Labute approximate surface area is 203 Å². The van der Waals surface area contributed by atoms with Crippen LogP contribution in [0.2, 0.25) is 0 Å². The number of halogens is 2. The minimum absolute atomic E-state index is 0.133. The smallest absolute Gasteiger partial charge is 0.130 e. The molecule has 2 aliphatic rings. The van der Waals surface area contributed by atoms with Crippen LogP contribution >= 0.6 is 0 Å². The van der Waals surface area contributed by atoms with E-state index in [0.717, 1.165) is 24.0 Å². The fourth-order valence-corrected chi connectivity index (χ4v) is 5.83. The van der Waals surface area contributed by atoms with E-state index in [2.05, 4.69) is 30.9 Å². The molecular formula is C31H36F2O. The molecule has 4 atom stereocenters. The van der Waals surface area contributed by atoms with Gasteiger partial charge in [-0.3, -0.25) is 0 Å². The van der Waals surface area contributed by atoms with Crippen molar-refractivity contribution in [1.82, 2.24) is 0 Å². The van der Waals surface area contributed by atoms with E-state index in [1.54, 1.807) is 0 Å². The number of benzene rings is 2. The molecule has 2 aromatic rings. The van der Waals surface area contributed by atoms with E-state index in [9.17, 15) is 8.78 Å². The molecule has 0 radical (unpaired) electrons. The van der Waals surface area contributed by atoms with Gasteiger partial charge in [0, 0.05) is 23.3 Å². The van der Waals surface area contributed by atoms with Crippen molar-refractivity contribution in [3.63, 3.8) is 0 Å². The number of ether oxygens (including phenoxy) is 1. The summed E-state index contributed by atoms with van der Waals surface area (Å²) in [7, 11) is 0. The molecule has 0 amide bonds. The minimum atomic E-state index is -0.518. The number of rotatable bonds is 6. The summed E-state index contributed by atoms with van der Waals surface area (Å²) in [5.41, 5.74) is 2.76. The third-order valence-electron chi connectivity index (χ3n) is 7.64. The zero-order valence-corrected chi connectivity index (χ0v) is 20.5. The second-order valence-corrected chi connectivity index (χ2v) is 9.82. The van der Waals surface area contributed by atoms with E-state index in [4.69, 9.17) is 4.74 Å². The van der Waals surface area contributed by atoms with Crippen molar-refractivity contribution in [3.8, 4) is 11.8 Å². The average molecular weight is 463 g/mol.